The summed E-state index contributed by atoms with van der Waals surface area (Å²) in [6.45, 7) is 1.98. The van der Waals surface area contributed by atoms with Crippen LogP contribution in [0.4, 0.5) is 32.0 Å². The van der Waals surface area contributed by atoms with Gasteiger partial charge >= 0.3 is 24.3 Å². The molecule has 194 valence electrons. The highest BCUT2D eigenvalue weighted by Crippen LogP contribution is 2.29. The number of amides is 1. The standard InChI is InChI=1S/C16H20N4O.2C2HF3O2/c1-11-5-3-4-6-13-9-12(7-8-17-13)15-14(19-16(11)21)10-18-20(15)2;2*3-2(4,5)1(6)7/h7-11H,3-6H2,1-2H3,(H,19,21);2*(H,6,7). The molecule has 35 heavy (non-hydrogen) atoms. The Labute approximate surface area is 194 Å². The minimum atomic E-state index is -5.08. The smallest absolute Gasteiger partial charge is 0.475 e. The lowest BCUT2D eigenvalue weighted by Gasteiger charge is -2.14. The van der Waals surface area contributed by atoms with Gasteiger partial charge in [0.2, 0.25) is 5.91 Å². The molecule has 3 N–H and O–H groups in total. The number of nitrogens with one attached hydrogen (secondary N) is 1. The average Bonchev–Trinajstić information content (AvgIpc) is 3.10. The maximum absolute atomic E-state index is 12.3. The minimum Gasteiger partial charge on any atom is -0.475 e. The molecule has 1 atom stereocenters. The van der Waals surface area contributed by atoms with E-state index in [4.69, 9.17) is 19.8 Å². The largest absolute Gasteiger partial charge is 0.490 e. The van der Waals surface area contributed by atoms with E-state index >= 15 is 0 Å². The summed E-state index contributed by atoms with van der Waals surface area (Å²) in [6, 6.07) is 4.06. The number of carbonyl (C=O) groups is 3. The van der Waals surface area contributed by atoms with E-state index in [1.807, 2.05) is 26.2 Å². The van der Waals surface area contributed by atoms with Crippen LogP contribution in [0.1, 0.15) is 31.9 Å². The topological polar surface area (TPSA) is 134 Å². The number of hydrogen-bond donors (Lipinski definition) is 3. The van der Waals surface area contributed by atoms with Gasteiger partial charge in [-0.1, -0.05) is 13.3 Å². The average molecular weight is 512 g/mol. The second kappa shape index (κ2) is 12.2. The second-order valence-electron chi connectivity index (χ2n) is 7.31. The van der Waals surface area contributed by atoms with Crippen LogP contribution in [0.25, 0.3) is 11.3 Å². The van der Waals surface area contributed by atoms with Crippen LogP contribution in [0.3, 0.4) is 0 Å². The van der Waals surface area contributed by atoms with Crippen LogP contribution in [0, 0.1) is 5.92 Å². The first-order valence-electron chi connectivity index (χ1n) is 9.92. The van der Waals surface area contributed by atoms with E-state index in [2.05, 4.69) is 21.5 Å². The van der Waals surface area contributed by atoms with Gasteiger partial charge in [0.25, 0.3) is 0 Å². The van der Waals surface area contributed by atoms with Crippen molar-refractivity contribution in [3.05, 3.63) is 30.2 Å². The van der Waals surface area contributed by atoms with Crippen molar-refractivity contribution in [1.82, 2.24) is 14.8 Å². The fourth-order valence-corrected chi connectivity index (χ4v) is 2.78. The van der Waals surface area contributed by atoms with Crippen molar-refractivity contribution in [2.24, 2.45) is 13.0 Å². The van der Waals surface area contributed by atoms with Crippen LogP contribution in [0.5, 0.6) is 0 Å². The van der Waals surface area contributed by atoms with Gasteiger partial charge in [-0.3, -0.25) is 14.5 Å². The lowest BCUT2D eigenvalue weighted by atomic mass is 10.00. The highest BCUT2D eigenvalue weighted by molar-refractivity contribution is 5.95. The number of aromatic nitrogens is 3. The molecule has 15 heteroatoms. The number of carboxylic acids is 2. The first-order chi connectivity index (χ1) is 16.0. The Balaban J connectivity index is 0.000000362. The third kappa shape index (κ3) is 9.62. The van der Waals surface area contributed by atoms with Crippen LogP contribution in [0.2, 0.25) is 0 Å². The number of aliphatic carboxylic acids is 2. The summed E-state index contributed by atoms with van der Waals surface area (Å²) in [5.41, 5.74) is 3.84. The highest BCUT2D eigenvalue weighted by Gasteiger charge is 2.38. The molecule has 3 heterocycles. The van der Waals surface area contributed by atoms with E-state index in [0.29, 0.717) is 0 Å². The molecule has 1 amide bonds. The number of aryl methyl sites for hydroxylation is 2. The van der Waals surface area contributed by atoms with Gasteiger partial charge in [0, 0.05) is 30.4 Å². The van der Waals surface area contributed by atoms with Crippen molar-refractivity contribution < 1.29 is 50.9 Å². The van der Waals surface area contributed by atoms with Gasteiger partial charge in [0.1, 0.15) is 0 Å². The number of halogens is 6. The summed E-state index contributed by atoms with van der Waals surface area (Å²) in [6.07, 6.45) is -2.66. The van der Waals surface area contributed by atoms with E-state index < -0.39 is 24.3 Å². The van der Waals surface area contributed by atoms with Gasteiger partial charge < -0.3 is 15.5 Å². The predicted molar refractivity (Wildman–Crippen MR) is 109 cm³/mol. The Kier molecular flexibility index (Phi) is 10.2. The van der Waals surface area contributed by atoms with Gasteiger partial charge in [-0.2, -0.15) is 31.4 Å². The Morgan fingerprint density at radius 2 is 1.63 bits per heavy atom. The lowest BCUT2D eigenvalue weighted by molar-refractivity contribution is -0.193. The Morgan fingerprint density at radius 1 is 1.09 bits per heavy atom. The fraction of sp³-hybridized carbons (Fsp3) is 0.450. The van der Waals surface area contributed by atoms with E-state index in [1.54, 1.807) is 10.9 Å². The van der Waals surface area contributed by atoms with Crippen LogP contribution in [0.15, 0.2) is 24.5 Å². The molecule has 1 aliphatic heterocycles. The number of carboxylic acid groups (broad SMARTS) is 2. The molecule has 0 aliphatic carbocycles. The van der Waals surface area contributed by atoms with E-state index in [-0.39, 0.29) is 11.8 Å². The van der Waals surface area contributed by atoms with E-state index in [0.717, 1.165) is 48.3 Å². The SMILES string of the molecule is CC1CCCCc2cc(ccn2)-c2c(cnn2C)NC1=O.O=C(O)C(F)(F)F.O=C(O)C(F)(F)F. The molecule has 0 aromatic carbocycles. The first kappa shape index (κ1) is 29.4. The summed E-state index contributed by atoms with van der Waals surface area (Å²) in [5.74, 6) is -5.43. The monoisotopic (exact) mass is 512 g/mol. The molecule has 1 aliphatic rings. The van der Waals surface area contributed by atoms with Crippen molar-refractivity contribution >= 4 is 23.5 Å². The summed E-state index contributed by atoms with van der Waals surface area (Å²) < 4.78 is 65.3. The second-order valence-corrected chi connectivity index (χ2v) is 7.31. The zero-order valence-electron chi connectivity index (χ0n) is 18.4. The number of carbonyl (C=O) groups excluding carboxylic acids is 1. The Bertz CT molecular complexity index is 1010. The number of alkyl halides is 6. The van der Waals surface area contributed by atoms with Gasteiger partial charge in [-0.25, -0.2) is 9.59 Å². The van der Waals surface area contributed by atoms with Gasteiger partial charge in [0.05, 0.1) is 17.6 Å². The maximum atomic E-state index is 12.3. The third-order valence-electron chi connectivity index (χ3n) is 4.54. The number of rotatable bonds is 0. The van der Waals surface area contributed by atoms with Crippen molar-refractivity contribution in [3.8, 4) is 11.3 Å². The van der Waals surface area contributed by atoms with Crippen molar-refractivity contribution in [1.29, 1.82) is 0 Å². The van der Waals surface area contributed by atoms with E-state index in [9.17, 15) is 31.1 Å². The first-order valence-corrected chi connectivity index (χ1v) is 9.92. The number of nitrogens with zero attached hydrogens (tertiary/aromatic N) is 3. The quantitative estimate of drug-likeness (QED) is 0.454. The van der Waals surface area contributed by atoms with Crippen LogP contribution < -0.4 is 5.32 Å². The zero-order chi connectivity index (χ0) is 27.0. The van der Waals surface area contributed by atoms with Crippen LogP contribution in [-0.4, -0.2) is 55.2 Å². The number of hydrogen-bond acceptors (Lipinski definition) is 5. The van der Waals surface area contributed by atoms with Crippen LogP contribution in [-0.2, 0) is 27.9 Å². The van der Waals surface area contributed by atoms with Gasteiger partial charge in [-0.15, -0.1) is 0 Å². The van der Waals surface area contributed by atoms with Gasteiger partial charge in [0.15, 0.2) is 0 Å². The lowest BCUT2D eigenvalue weighted by Crippen LogP contribution is -2.21. The molecule has 0 saturated carbocycles. The summed E-state index contributed by atoms with van der Waals surface area (Å²) in [5, 5.41) is 21.5. The molecule has 3 rings (SSSR count). The fourth-order valence-electron chi connectivity index (χ4n) is 2.78. The molecular formula is C20H22F6N4O5. The Morgan fingerprint density at radius 3 is 2.14 bits per heavy atom. The maximum Gasteiger partial charge on any atom is 0.490 e. The molecule has 0 fully saturated rings. The van der Waals surface area contributed by atoms with Gasteiger partial charge in [-0.05, 0) is 31.4 Å². The van der Waals surface area contributed by atoms with Crippen molar-refractivity contribution in [2.75, 3.05) is 5.32 Å². The van der Waals surface area contributed by atoms with Crippen molar-refractivity contribution in [2.45, 2.75) is 45.0 Å². The van der Waals surface area contributed by atoms with Crippen LogP contribution >= 0.6 is 0 Å². The molecule has 9 nitrogen and oxygen atoms in total. The summed E-state index contributed by atoms with van der Waals surface area (Å²) in [4.78, 5) is 34.5. The molecule has 0 spiro atoms. The normalized spacial score (nSPS) is 16.0. The minimum absolute atomic E-state index is 0.0174. The van der Waals surface area contributed by atoms with Crippen molar-refractivity contribution in [3.63, 3.8) is 0 Å². The molecule has 0 saturated heterocycles. The molecule has 0 radical (unpaired) electrons. The molecule has 2 aromatic rings. The number of fused-ring (bicyclic) bond motifs is 4. The zero-order valence-corrected chi connectivity index (χ0v) is 18.4. The Hall–Kier alpha value is -3.65. The van der Waals surface area contributed by atoms with E-state index in [1.165, 1.54) is 0 Å². The molecule has 2 bridgehead atoms. The predicted octanol–water partition coefficient (Wildman–Crippen LogP) is 4.05. The highest BCUT2D eigenvalue weighted by atomic mass is 19.4. The molecule has 2 aromatic heterocycles. The number of pyridine rings is 1. The molecular weight excluding hydrogens is 490 g/mol. The summed E-state index contributed by atoms with van der Waals surface area (Å²) in [7, 11) is 1.89. The molecule has 1 unspecified atom stereocenters. The third-order valence-corrected chi connectivity index (χ3v) is 4.54. The number of anilines is 1. The summed E-state index contributed by atoms with van der Waals surface area (Å²) >= 11 is 0.